The Labute approximate surface area is 186 Å². The molecule has 1 unspecified atom stereocenters. The van der Waals surface area contributed by atoms with Crippen molar-refractivity contribution in [3.63, 3.8) is 0 Å². The predicted molar refractivity (Wildman–Crippen MR) is 115 cm³/mol. The third kappa shape index (κ3) is 3.81. The molecule has 1 saturated heterocycles. The van der Waals surface area contributed by atoms with Crippen LogP contribution in [-0.4, -0.2) is 21.7 Å². The van der Waals surface area contributed by atoms with E-state index in [1.54, 1.807) is 0 Å². The molecule has 0 saturated carbocycles. The third-order valence-corrected chi connectivity index (χ3v) is 5.24. The summed E-state index contributed by atoms with van der Waals surface area (Å²) in [6.45, 7) is 0. The molecule has 9 heteroatoms. The van der Waals surface area contributed by atoms with Gasteiger partial charge in [0.25, 0.3) is 17.4 Å². The number of nitro benzene ring substituents is 1. The van der Waals surface area contributed by atoms with Crippen molar-refractivity contribution in [2.45, 2.75) is 6.04 Å². The molecule has 33 heavy (non-hydrogen) atoms. The van der Waals surface area contributed by atoms with Gasteiger partial charge in [-0.05, 0) is 42.0 Å². The maximum absolute atomic E-state index is 13.6. The van der Waals surface area contributed by atoms with Crippen LogP contribution in [0, 0.1) is 27.3 Å². The number of hydrogen-bond donors (Lipinski definition) is 1. The molecule has 1 N–H and O–H groups in total. The van der Waals surface area contributed by atoms with Crippen molar-refractivity contribution in [3.8, 4) is 6.07 Å². The Hall–Kier alpha value is -4.84. The lowest BCUT2D eigenvalue weighted by Gasteiger charge is -2.25. The molecule has 0 spiro atoms. The monoisotopic (exact) mass is 443 g/mol. The van der Waals surface area contributed by atoms with Crippen LogP contribution in [0.15, 0.2) is 78.4 Å². The maximum Gasteiger partial charge on any atom is 0.300 e. The van der Waals surface area contributed by atoms with Crippen LogP contribution < -0.4 is 4.90 Å². The zero-order chi connectivity index (χ0) is 23.7. The van der Waals surface area contributed by atoms with Crippen LogP contribution >= 0.6 is 0 Å². The van der Waals surface area contributed by atoms with E-state index in [9.17, 15) is 29.2 Å². The Morgan fingerprint density at radius 1 is 1.06 bits per heavy atom. The standard InChI is InChI=1S/C24H14FN3O5/c25-17-8-6-15(7-9-17)21-20(22(29)16-2-1-3-19(12-16)28(32)33)23(30)24(31)27(21)18-10-4-14(13-26)5-11-18/h1-12,21,29H/b22-20-. The summed E-state index contributed by atoms with van der Waals surface area (Å²) in [5, 5.41) is 31.2. The van der Waals surface area contributed by atoms with Crippen LogP contribution in [0.1, 0.15) is 22.7 Å². The van der Waals surface area contributed by atoms with Crippen LogP contribution in [0.2, 0.25) is 0 Å². The number of carbonyl (C=O) groups is 2. The van der Waals surface area contributed by atoms with Gasteiger partial charge >= 0.3 is 0 Å². The molecule has 0 aromatic heterocycles. The Bertz CT molecular complexity index is 1360. The number of halogens is 1. The lowest BCUT2D eigenvalue weighted by atomic mass is 9.95. The molecule has 0 bridgehead atoms. The number of benzene rings is 3. The number of anilines is 1. The molecular formula is C24H14FN3O5. The summed E-state index contributed by atoms with van der Waals surface area (Å²) in [5.74, 6) is -3.08. The first-order valence-corrected chi connectivity index (χ1v) is 9.63. The van der Waals surface area contributed by atoms with Crippen molar-refractivity contribution in [1.82, 2.24) is 0 Å². The minimum absolute atomic E-state index is 0.0193. The van der Waals surface area contributed by atoms with Gasteiger partial charge in [-0.15, -0.1) is 0 Å². The van der Waals surface area contributed by atoms with Gasteiger partial charge in [-0.25, -0.2) is 4.39 Å². The van der Waals surface area contributed by atoms with Crippen LogP contribution in [0.5, 0.6) is 0 Å². The van der Waals surface area contributed by atoms with Gasteiger partial charge in [0.2, 0.25) is 0 Å². The number of hydrogen-bond acceptors (Lipinski definition) is 6. The maximum atomic E-state index is 13.6. The van der Waals surface area contributed by atoms with E-state index in [1.165, 1.54) is 54.6 Å². The zero-order valence-corrected chi connectivity index (χ0v) is 16.8. The molecule has 0 aliphatic carbocycles. The summed E-state index contributed by atoms with van der Waals surface area (Å²) in [7, 11) is 0. The number of ketones is 1. The molecule has 1 amide bonds. The number of carbonyl (C=O) groups excluding carboxylic acids is 2. The van der Waals surface area contributed by atoms with E-state index in [0.717, 1.165) is 23.1 Å². The van der Waals surface area contributed by atoms with E-state index in [4.69, 9.17) is 5.26 Å². The fourth-order valence-corrected chi connectivity index (χ4v) is 3.68. The van der Waals surface area contributed by atoms with E-state index in [0.29, 0.717) is 11.1 Å². The smallest absolute Gasteiger partial charge is 0.300 e. The average molecular weight is 443 g/mol. The third-order valence-electron chi connectivity index (χ3n) is 5.24. The molecule has 8 nitrogen and oxygen atoms in total. The summed E-state index contributed by atoms with van der Waals surface area (Å²) >= 11 is 0. The first-order chi connectivity index (χ1) is 15.8. The van der Waals surface area contributed by atoms with Gasteiger partial charge < -0.3 is 5.11 Å². The van der Waals surface area contributed by atoms with Crippen molar-refractivity contribution in [3.05, 3.63) is 111 Å². The number of aliphatic hydroxyl groups is 1. The highest BCUT2D eigenvalue weighted by Gasteiger charge is 2.47. The van der Waals surface area contributed by atoms with Crippen molar-refractivity contribution >= 4 is 28.8 Å². The number of rotatable bonds is 4. The van der Waals surface area contributed by atoms with E-state index < -0.39 is 34.2 Å². The van der Waals surface area contributed by atoms with Crippen molar-refractivity contribution in [2.24, 2.45) is 0 Å². The number of non-ortho nitro benzene ring substituents is 1. The Morgan fingerprint density at radius 2 is 1.73 bits per heavy atom. The fourth-order valence-electron chi connectivity index (χ4n) is 3.68. The molecule has 1 aliphatic heterocycles. The quantitative estimate of drug-likeness (QED) is 0.212. The second-order valence-corrected chi connectivity index (χ2v) is 7.19. The largest absolute Gasteiger partial charge is 0.507 e. The van der Waals surface area contributed by atoms with E-state index in [1.807, 2.05) is 6.07 Å². The van der Waals surface area contributed by atoms with Crippen molar-refractivity contribution < 1.29 is 24.0 Å². The van der Waals surface area contributed by atoms with Crippen LogP contribution in [-0.2, 0) is 9.59 Å². The molecule has 3 aromatic rings. The van der Waals surface area contributed by atoms with E-state index in [-0.39, 0.29) is 22.5 Å². The highest BCUT2D eigenvalue weighted by atomic mass is 19.1. The number of nitro groups is 1. The van der Waals surface area contributed by atoms with E-state index in [2.05, 4.69) is 0 Å². The molecule has 3 aromatic carbocycles. The van der Waals surface area contributed by atoms with Gasteiger partial charge in [-0.1, -0.05) is 24.3 Å². The molecule has 1 aliphatic rings. The molecular weight excluding hydrogens is 429 g/mol. The van der Waals surface area contributed by atoms with Gasteiger partial charge in [-0.2, -0.15) is 5.26 Å². The van der Waals surface area contributed by atoms with Crippen molar-refractivity contribution in [2.75, 3.05) is 4.90 Å². The normalized spacial score (nSPS) is 17.1. The highest BCUT2D eigenvalue weighted by Crippen LogP contribution is 2.42. The Kier molecular flexibility index (Phi) is 5.42. The highest BCUT2D eigenvalue weighted by molar-refractivity contribution is 6.51. The second kappa shape index (κ2) is 8.36. The van der Waals surface area contributed by atoms with Gasteiger partial charge in [0.05, 0.1) is 28.2 Å². The van der Waals surface area contributed by atoms with Crippen LogP contribution in [0.3, 0.4) is 0 Å². The van der Waals surface area contributed by atoms with Gasteiger partial charge in [-0.3, -0.25) is 24.6 Å². The first-order valence-electron chi connectivity index (χ1n) is 9.63. The summed E-state index contributed by atoms with van der Waals surface area (Å²) in [5.41, 5.74) is 0.338. The number of Topliss-reactive ketones (excluding diaryl/α,β-unsaturated/α-hetero) is 1. The number of amides is 1. The predicted octanol–water partition coefficient (Wildman–Crippen LogP) is 4.23. The molecule has 1 atom stereocenters. The minimum atomic E-state index is -1.13. The van der Waals surface area contributed by atoms with E-state index >= 15 is 0 Å². The summed E-state index contributed by atoms with van der Waals surface area (Å²) in [6.07, 6.45) is 0. The zero-order valence-electron chi connectivity index (χ0n) is 16.8. The second-order valence-electron chi connectivity index (χ2n) is 7.19. The van der Waals surface area contributed by atoms with Crippen molar-refractivity contribution in [1.29, 1.82) is 5.26 Å². The molecule has 1 fully saturated rings. The number of nitriles is 1. The average Bonchev–Trinajstić information content (AvgIpc) is 3.09. The summed E-state index contributed by atoms with van der Waals surface area (Å²) < 4.78 is 13.6. The van der Waals surface area contributed by atoms with Crippen LogP contribution in [0.4, 0.5) is 15.8 Å². The fraction of sp³-hybridized carbons (Fsp3) is 0.0417. The van der Waals surface area contributed by atoms with Gasteiger partial charge in [0, 0.05) is 23.4 Å². The topological polar surface area (TPSA) is 125 Å². The summed E-state index contributed by atoms with van der Waals surface area (Å²) in [6, 6.07) is 16.8. The number of aliphatic hydroxyl groups excluding tert-OH is 1. The lowest BCUT2D eigenvalue weighted by Crippen LogP contribution is -2.29. The van der Waals surface area contributed by atoms with Crippen LogP contribution in [0.25, 0.3) is 5.76 Å². The summed E-state index contributed by atoms with van der Waals surface area (Å²) in [4.78, 5) is 37.7. The molecule has 4 rings (SSSR count). The Balaban J connectivity index is 1.93. The van der Waals surface area contributed by atoms with Gasteiger partial charge in [0.1, 0.15) is 11.6 Å². The first kappa shape index (κ1) is 21.4. The SMILES string of the molecule is N#Cc1ccc(N2C(=O)C(=O)/C(=C(\O)c3cccc([N+](=O)[O-])c3)C2c2ccc(F)cc2)cc1. The molecule has 0 radical (unpaired) electrons. The Morgan fingerprint density at radius 3 is 2.33 bits per heavy atom. The minimum Gasteiger partial charge on any atom is -0.507 e. The molecule has 162 valence electrons. The lowest BCUT2D eigenvalue weighted by molar-refractivity contribution is -0.384. The molecule has 1 heterocycles. The van der Waals surface area contributed by atoms with Gasteiger partial charge in [0.15, 0.2) is 0 Å². The number of nitrogens with zero attached hydrogens (tertiary/aromatic N) is 3.